The van der Waals surface area contributed by atoms with E-state index in [1.54, 1.807) is 24.3 Å². The Bertz CT molecular complexity index is 419. The van der Waals surface area contributed by atoms with E-state index in [1.807, 2.05) is 0 Å². The Morgan fingerprint density at radius 3 is 2.63 bits per heavy atom. The second-order valence-corrected chi connectivity index (χ2v) is 5.11. The van der Waals surface area contributed by atoms with Gasteiger partial charge in [-0.2, -0.15) is 13.2 Å². The van der Waals surface area contributed by atoms with Crippen LogP contribution in [0.5, 0.6) is 5.75 Å². The molecule has 1 fully saturated rings. The van der Waals surface area contributed by atoms with Crippen LogP contribution < -0.4 is 5.32 Å². The van der Waals surface area contributed by atoms with E-state index in [4.69, 9.17) is 0 Å². The van der Waals surface area contributed by atoms with Crippen LogP contribution in [0.1, 0.15) is 31.2 Å². The van der Waals surface area contributed by atoms with E-state index >= 15 is 0 Å². The molecule has 2 unspecified atom stereocenters. The van der Waals surface area contributed by atoms with Gasteiger partial charge < -0.3 is 10.4 Å². The maximum atomic E-state index is 12.7. The molecule has 1 aliphatic rings. The SMILES string of the molecule is Oc1ccccc1CNC1CCCC(C(F)(F)F)C1. The number of para-hydroxylation sites is 1. The summed E-state index contributed by atoms with van der Waals surface area (Å²) in [6, 6.07) is 6.75. The minimum Gasteiger partial charge on any atom is -0.508 e. The summed E-state index contributed by atoms with van der Waals surface area (Å²) in [5.41, 5.74) is 0.719. The van der Waals surface area contributed by atoms with Gasteiger partial charge in [0, 0.05) is 18.2 Å². The van der Waals surface area contributed by atoms with E-state index in [0.717, 1.165) is 12.0 Å². The first kappa shape index (κ1) is 14.2. The van der Waals surface area contributed by atoms with Crippen LogP contribution in [0.4, 0.5) is 13.2 Å². The lowest BCUT2D eigenvalue weighted by Crippen LogP contribution is -2.38. The number of hydrogen-bond acceptors (Lipinski definition) is 2. The third-order valence-corrected chi connectivity index (χ3v) is 3.71. The summed E-state index contributed by atoms with van der Waals surface area (Å²) < 4.78 is 38.0. The average molecular weight is 273 g/mol. The van der Waals surface area contributed by atoms with Gasteiger partial charge in [-0.3, -0.25) is 0 Å². The van der Waals surface area contributed by atoms with E-state index in [0.29, 0.717) is 13.0 Å². The van der Waals surface area contributed by atoms with Crippen molar-refractivity contribution in [3.05, 3.63) is 29.8 Å². The standard InChI is InChI=1S/C14H18F3NO/c15-14(16,17)11-5-3-6-12(8-11)18-9-10-4-1-2-7-13(10)19/h1-2,4,7,11-12,18-19H,3,5-6,8-9H2. The van der Waals surface area contributed by atoms with Crippen LogP contribution in [0, 0.1) is 5.92 Å². The molecule has 2 nitrogen and oxygen atoms in total. The van der Waals surface area contributed by atoms with E-state index < -0.39 is 12.1 Å². The number of aromatic hydroxyl groups is 1. The molecule has 106 valence electrons. The third kappa shape index (κ3) is 3.86. The monoisotopic (exact) mass is 273 g/mol. The van der Waals surface area contributed by atoms with Gasteiger partial charge in [0.05, 0.1) is 5.92 Å². The summed E-state index contributed by atoms with van der Waals surface area (Å²) in [6.45, 7) is 0.405. The molecule has 1 aromatic carbocycles. The number of rotatable bonds is 3. The third-order valence-electron chi connectivity index (χ3n) is 3.71. The van der Waals surface area contributed by atoms with Crippen LogP contribution in [0.15, 0.2) is 24.3 Å². The smallest absolute Gasteiger partial charge is 0.391 e. The van der Waals surface area contributed by atoms with Gasteiger partial charge in [-0.1, -0.05) is 24.6 Å². The van der Waals surface area contributed by atoms with Gasteiger partial charge in [0.2, 0.25) is 0 Å². The largest absolute Gasteiger partial charge is 0.508 e. The number of halogens is 3. The van der Waals surface area contributed by atoms with Crippen LogP contribution in [0.25, 0.3) is 0 Å². The van der Waals surface area contributed by atoms with Gasteiger partial charge in [0.1, 0.15) is 5.75 Å². The van der Waals surface area contributed by atoms with Gasteiger partial charge in [0.15, 0.2) is 0 Å². The van der Waals surface area contributed by atoms with Gasteiger partial charge in [-0.05, 0) is 25.3 Å². The first-order valence-electron chi connectivity index (χ1n) is 6.54. The fourth-order valence-corrected chi connectivity index (χ4v) is 2.59. The van der Waals surface area contributed by atoms with Crippen molar-refractivity contribution in [2.75, 3.05) is 0 Å². The predicted molar refractivity (Wildman–Crippen MR) is 66.7 cm³/mol. The molecule has 0 heterocycles. The van der Waals surface area contributed by atoms with Gasteiger partial charge in [-0.15, -0.1) is 0 Å². The summed E-state index contributed by atoms with van der Waals surface area (Å²) in [6.07, 6.45) is -2.35. The van der Waals surface area contributed by atoms with Crippen LogP contribution in [-0.2, 0) is 6.54 Å². The molecule has 2 N–H and O–H groups in total. The lowest BCUT2D eigenvalue weighted by molar-refractivity contribution is -0.183. The van der Waals surface area contributed by atoms with Gasteiger partial charge >= 0.3 is 6.18 Å². The molecule has 0 radical (unpaired) electrons. The van der Waals surface area contributed by atoms with Crippen molar-refractivity contribution in [1.82, 2.24) is 5.32 Å². The molecule has 5 heteroatoms. The number of phenolic OH excluding ortho intramolecular Hbond substituents is 1. The molecule has 0 spiro atoms. The zero-order chi connectivity index (χ0) is 13.9. The summed E-state index contributed by atoms with van der Waals surface area (Å²) in [7, 11) is 0. The number of phenols is 1. The first-order valence-corrected chi connectivity index (χ1v) is 6.54. The molecule has 1 saturated carbocycles. The highest BCUT2D eigenvalue weighted by molar-refractivity contribution is 5.31. The second kappa shape index (κ2) is 5.82. The molecule has 2 rings (SSSR count). The highest BCUT2D eigenvalue weighted by Crippen LogP contribution is 2.37. The van der Waals surface area contributed by atoms with Crippen molar-refractivity contribution in [3.8, 4) is 5.75 Å². The van der Waals surface area contributed by atoms with E-state index in [-0.39, 0.29) is 24.6 Å². The van der Waals surface area contributed by atoms with E-state index in [1.165, 1.54) is 0 Å². The number of alkyl halides is 3. The molecule has 0 saturated heterocycles. The molecule has 0 aliphatic heterocycles. The van der Waals surface area contributed by atoms with Crippen molar-refractivity contribution in [1.29, 1.82) is 0 Å². The summed E-state index contributed by atoms with van der Waals surface area (Å²) in [4.78, 5) is 0. The maximum absolute atomic E-state index is 12.7. The second-order valence-electron chi connectivity index (χ2n) is 5.11. The minimum atomic E-state index is -4.09. The highest BCUT2D eigenvalue weighted by Gasteiger charge is 2.41. The number of nitrogens with one attached hydrogen (secondary N) is 1. The zero-order valence-electron chi connectivity index (χ0n) is 10.6. The van der Waals surface area contributed by atoms with Crippen LogP contribution >= 0.6 is 0 Å². The van der Waals surface area contributed by atoms with Crippen molar-refractivity contribution in [2.24, 2.45) is 5.92 Å². The van der Waals surface area contributed by atoms with E-state index in [9.17, 15) is 18.3 Å². The molecule has 2 atom stereocenters. The molecule has 0 amide bonds. The summed E-state index contributed by atoms with van der Waals surface area (Å²) in [5.74, 6) is -1.01. The molecule has 1 aliphatic carbocycles. The van der Waals surface area contributed by atoms with Crippen molar-refractivity contribution >= 4 is 0 Å². The highest BCUT2D eigenvalue weighted by atomic mass is 19.4. The summed E-state index contributed by atoms with van der Waals surface area (Å²) >= 11 is 0. The number of hydrogen-bond donors (Lipinski definition) is 2. The Balaban J connectivity index is 1.88. The molecular weight excluding hydrogens is 255 g/mol. The Labute approximate surface area is 110 Å². The fraction of sp³-hybridized carbons (Fsp3) is 0.571. The lowest BCUT2D eigenvalue weighted by atomic mass is 9.85. The molecule has 19 heavy (non-hydrogen) atoms. The number of benzene rings is 1. The molecular formula is C14H18F3NO. The van der Waals surface area contributed by atoms with Crippen molar-refractivity contribution in [2.45, 2.75) is 44.4 Å². The van der Waals surface area contributed by atoms with Gasteiger partial charge in [-0.25, -0.2) is 0 Å². The molecule has 1 aromatic rings. The quantitative estimate of drug-likeness (QED) is 0.882. The Morgan fingerprint density at radius 1 is 1.21 bits per heavy atom. The normalized spacial score (nSPS) is 24.4. The van der Waals surface area contributed by atoms with Crippen molar-refractivity contribution < 1.29 is 18.3 Å². The first-order chi connectivity index (χ1) is 8.97. The Kier molecular flexibility index (Phi) is 4.34. The summed E-state index contributed by atoms with van der Waals surface area (Å²) in [5, 5.41) is 12.7. The lowest BCUT2D eigenvalue weighted by Gasteiger charge is -2.31. The Hall–Kier alpha value is -1.23. The topological polar surface area (TPSA) is 32.3 Å². The average Bonchev–Trinajstić information content (AvgIpc) is 2.37. The van der Waals surface area contributed by atoms with E-state index in [2.05, 4.69) is 5.32 Å². The van der Waals surface area contributed by atoms with Gasteiger partial charge in [0.25, 0.3) is 0 Å². The minimum absolute atomic E-state index is 0.125. The Morgan fingerprint density at radius 2 is 1.95 bits per heavy atom. The van der Waals surface area contributed by atoms with Crippen LogP contribution in [-0.4, -0.2) is 17.3 Å². The molecule has 0 bridgehead atoms. The fourth-order valence-electron chi connectivity index (χ4n) is 2.59. The van der Waals surface area contributed by atoms with Crippen LogP contribution in [0.2, 0.25) is 0 Å². The predicted octanol–water partition coefficient (Wildman–Crippen LogP) is 3.60. The van der Waals surface area contributed by atoms with Crippen molar-refractivity contribution in [3.63, 3.8) is 0 Å². The zero-order valence-corrected chi connectivity index (χ0v) is 10.6. The molecule has 0 aromatic heterocycles. The maximum Gasteiger partial charge on any atom is 0.391 e. The van der Waals surface area contributed by atoms with Crippen LogP contribution in [0.3, 0.4) is 0 Å².